The van der Waals surface area contributed by atoms with E-state index in [0.29, 0.717) is 17.3 Å². The first-order valence-electron chi connectivity index (χ1n) is 6.43. The first-order chi connectivity index (χ1) is 10.1. The number of hydrogen-bond donors (Lipinski definition) is 2. The molecule has 5 nitrogen and oxygen atoms in total. The average molecular weight is 304 g/mol. The van der Waals surface area contributed by atoms with Gasteiger partial charge < -0.3 is 8.98 Å². The molecule has 0 aliphatic rings. The standard InChI is InChI=1S/C15H14ClN3O2/c1-9-6-10(21-14(9)15(20)18-17)7-19-8-12(16)11-4-2-3-5-13(11)19/h2-6,8H,7,17H2,1H3,(H,18,20). The fourth-order valence-corrected chi connectivity index (χ4v) is 2.70. The second-order valence-electron chi connectivity index (χ2n) is 4.82. The van der Waals surface area contributed by atoms with Crippen LogP contribution >= 0.6 is 11.6 Å². The molecule has 21 heavy (non-hydrogen) atoms. The Hall–Kier alpha value is -2.24. The van der Waals surface area contributed by atoms with Crippen molar-refractivity contribution in [2.24, 2.45) is 5.84 Å². The van der Waals surface area contributed by atoms with Crippen LogP contribution < -0.4 is 11.3 Å². The molecule has 3 rings (SSSR count). The van der Waals surface area contributed by atoms with Gasteiger partial charge in [-0.3, -0.25) is 10.2 Å². The third-order valence-corrected chi connectivity index (χ3v) is 3.67. The number of aromatic nitrogens is 1. The van der Waals surface area contributed by atoms with Gasteiger partial charge in [-0.1, -0.05) is 29.8 Å². The Bertz CT molecular complexity index is 820. The summed E-state index contributed by atoms with van der Waals surface area (Å²) in [5.41, 5.74) is 3.83. The number of carbonyl (C=O) groups excluding carboxylic acids is 1. The van der Waals surface area contributed by atoms with Crippen LogP contribution in [0.15, 0.2) is 40.9 Å². The Balaban J connectivity index is 1.98. The summed E-state index contributed by atoms with van der Waals surface area (Å²) in [6.45, 7) is 2.30. The van der Waals surface area contributed by atoms with E-state index >= 15 is 0 Å². The average Bonchev–Trinajstić information content (AvgIpc) is 3.00. The van der Waals surface area contributed by atoms with Crippen LogP contribution in [0.2, 0.25) is 5.02 Å². The van der Waals surface area contributed by atoms with Crippen molar-refractivity contribution >= 4 is 28.4 Å². The van der Waals surface area contributed by atoms with E-state index in [2.05, 4.69) is 5.43 Å². The minimum atomic E-state index is -0.436. The van der Waals surface area contributed by atoms with Gasteiger partial charge in [-0.05, 0) is 19.1 Å². The van der Waals surface area contributed by atoms with Gasteiger partial charge in [0, 0.05) is 22.7 Å². The highest BCUT2D eigenvalue weighted by molar-refractivity contribution is 6.35. The second-order valence-corrected chi connectivity index (χ2v) is 5.23. The number of aryl methyl sites for hydroxylation is 1. The molecule has 0 aliphatic carbocycles. The van der Waals surface area contributed by atoms with Gasteiger partial charge in [0.15, 0.2) is 5.76 Å². The predicted octanol–water partition coefficient (Wildman–Crippen LogP) is 2.85. The molecule has 0 saturated carbocycles. The highest BCUT2D eigenvalue weighted by Crippen LogP contribution is 2.26. The summed E-state index contributed by atoms with van der Waals surface area (Å²) in [5.74, 6) is 5.60. The molecular formula is C15H14ClN3O2. The van der Waals surface area contributed by atoms with Gasteiger partial charge in [0.2, 0.25) is 0 Å². The molecule has 3 aromatic rings. The zero-order valence-corrected chi connectivity index (χ0v) is 12.1. The van der Waals surface area contributed by atoms with Gasteiger partial charge in [0.25, 0.3) is 0 Å². The molecule has 0 unspecified atom stereocenters. The number of fused-ring (bicyclic) bond motifs is 1. The van der Waals surface area contributed by atoms with Crippen LogP contribution in [-0.4, -0.2) is 10.5 Å². The lowest BCUT2D eigenvalue weighted by atomic mass is 10.2. The lowest BCUT2D eigenvalue weighted by molar-refractivity contribution is 0.0923. The van der Waals surface area contributed by atoms with Crippen LogP contribution in [0.25, 0.3) is 10.9 Å². The van der Waals surface area contributed by atoms with Crippen molar-refractivity contribution in [2.75, 3.05) is 0 Å². The van der Waals surface area contributed by atoms with Crippen molar-refractivity contribution in [1.29, 1.82) is 0 Å². The fourth-order valence-electron chi connectivity index (χ4n) is 2.42. The number of hydrogen-bond acceptors (Lipinski definition) is 3. The van der Waals surface area contributed by atoms with Crippen molar-refractivity contribution in [3.8, 4) is 0 Å². The highest BCUT2D eigenvalue weighted by atomic mass is 35.5. The topological polar surface area (TPSA) is 73.2 Å². The molecular weight excluding hydrogens is 290 g/mol. The Labute approximate surface area is 126 Å². The van der Waals surface area contributed by atoms with Gasteiger partial charge in [-0.2, -0.15) is 0 Å². The number of amides is 1. The van der Waals surface area contributed by atoms with Gasteiger partial charge in [-0.15, -0.1) is 0 Å². The van der Waals surface area contributed by atoms with E-state index in [4.69, 9.17) is 21.9 Å². The quantitative estimate of drug-likeness (QED) is 0.444. The minimum absolute atomic E-state index is 0.232. The van der Waals surface area contributed by atoms with E-state index in [1.807, 2.05) is 41.1 Å². The Morgan fingerprint density at radius 1 is 1.43 bits per heavy atom. The molecule has 3 N–H and O–H groups in total. The van der Waals surface area contributed by atoms with Gasteiger partial charge in [0.1, 0.15) is 5.76 Å². The van der Waals surface area contributed by atoms with E-state index in [1.54, 1.807) is 6.92 Å². The van der Waals surface area contributed by atoms with Crippen molar-refractivity contribution in [3.05, 3.63) is 58.6 Å². The lowest BCUT2D eigenvalue weighted by Crippen LogP contribution is -2.30. The number of nitrogens with zero attached hydrogens (tertiary/aromatic N) is 1. The second kappa shape index (κ2) is 5.27. The number of hydrazine groups is 1. The molecule has 0 bridgehead atoms. The number of nitrogens with one attached hydrogen (secondary N) is 1. The van der Waals surface area contributed by atoms with Crippen molar-refractivity contribution < 1.29 is 9.21 Å². The molecule has 1 aromatic carbocycles. The number of carbonyl (C=O) groups is 1. The molecule has 0 radical (unpaired) electrons. The molecule has 2 aromatic heterocycles. The third kappa shape index (κ3) is 2.41. The monoisotopic (exact) mass is 303 g/mol. The number of halogens is 1. The first-order valence-corrected chi connectivity index (χ1v) is 6.81. The third-order valence-electron chi connectivity index (χ3n) is 3.37. The molecule has 2 heterocycles. The summed E-state index contributed by atoms with van der Waals surface area (Å²) in [4.78, 5) is 11.6. The largest absolute Gasteiger partial charge is 0.454 e. The number of nitrogens with two attached hydrogens (primary N) is 1. The molecule has 0 spiro atoms. The normalized spacial score (nSPS) is 11.0. The van der Waals surface area contributed by atoms with Crippen LogP contribution in [0.3, 0.4) is 0 Å². The molecule has 108 valence electrons. The first kappa shape index (κ1) is 13.7. The Kier molecular flexibility index (Phi) is 3.45. The summed E-state index contributed by atoms with van der Waals surface area (Å²) in [5, 5.41) is 1.68. The van der Waals surface area contributed by atoms with Crippen LogP contribution in [0.5, 0.6) is 0 Å². The number of furan rings is 1. The maximum atomic E-state index is 11.6. The molecule has 1 amide bonds. The van der Waals surface area contributed by atoms with E-state index in [0.717, 1.165) is 16.5 Å². The summed E-state index contributed by atoms with van der Waals surface area (Å²) in [7, 11) is 0. The van der Waals surface area contributed by atoms with Crippen LogP contribution in [-0.2, 0) is 6.54 Å². The van der Waals surface area contributed by atoms with Crippen molar-refractivity contribution in [3.63, 3.8) is 0 Å². The van der Waals surface area contributed by atoms with Gasteiger partial charge in [-0.25, -0.2) is 5.84 Å². The SMILES string of the molecule is Cc1cc(Cn2cc(Cl)c3ccccc32)oc1C(=O)NN. The molecule has 0 saturated heterocycles. The summed E-state index contributed by atoms with van der Waals surface area (Å²) in [6.07, 6.45) is 1.85. The predicted molar refractivity (Wildman–Crippen MR) is 81.1 cm³/mol. The van der Waals surface area contributed by atoms with Gasteiger partial charge >= 0.3 is 5.91 Å². The maximum Gasteiger partial charge on any atom is 0.301 e. The number of rotatable bonds is 3. The summed E-state index contributed by atoms with van der Waals surface area (Å²) < 4.78 is 7.56. The lowest BCUT2D eigenvalue weighted by Gasteiger charge is -2.02. The van der Waals surface area contributed by atoms with Crippen LogP contribution in [0.4, 0.5) is 0 Å². The van der Waals surface area contributed by atoms with Crippen molar-refractivity contribution in [1.82, 2.24) is 9.99 Å². The van der Waals surface area contributed by atoms with E-state index < -0.39 is 5.91 Å². The maximum absolute atomic E-state index is 11.6. The van der Waals surface area contributed by atoms with E-state index in [1.165, 1.54) is 0 Å². The summed E-state index contributed by atoms with van der Waals surface area (Å²) >= 11 is 6.22. The smallest absolute Gasteiger partial charge is 0.301 e. The molecule has 0 atom stereocenters. The Morgan fingerprint density at radius 3 is 2.95 bits per heavy atom. The van der Waals surface area contributed by atoms with Crippen molar-refractivity contribution in [2.45, 2.75) is 13.5 Å². The van der Waals surface area contributed by atoms with E-state index in [-0.39, 0.29) is 5.76 Å². The van der Waals surface area contributed by atoms with E-state index in [9.17, 15) is 4.79 Å². The highest BCUT2D eigenvalue weighted by Gasteiger charge is 2.15. The number of para-hydroxylation sites is 1. The fraction of sp³-hybridized carbons (Fsp3) is 0.133. The minimum Gasteiger partial charge on any atom is -0.454 e. The summed E-state index contributed by atoms with van der Waals surface area (Å²) in [6, 6.07) is 9.68. The van der Waals surface area contributed by atoms with Crippen LogP contribution in [0, 0.1) is 6.92 Å². The Morgan fingerprint density at radius 2 is 2.19 bits per heavy atom. The zero-order valence-electron chi connectivity index (χ0n) is 11.4. The molecule has 0 fully saturated rings. The van der Waals surface area contributed by atoms with Gasteiger partial charge in [0.05, 0.1) is 11.6 Å². The van der Waals surface area contributed by atoms with Crippen LogP contribution in [0.1, 0.15) is 21.9 Å². The number of nitrogen functional groups attached to an aromatic ring is 1. The number of benzene rings is 1. The molecule has 0 aliphatic heterocycles. The zero-order chi connectivity index (χ0) is 15.0. The molecule has 6 heteroatoms.